The van der Waals surface area contributed by atoms with Crippen molar-refractivity contribution >= 4 is 22.4 Å². The highest BCUT2D eigenvalue weighted by Gasteiger charge is 2.25. The number of halogens is 1. The van der Waals surface area contributed by atoms with Gasteiger partial charge >= 0.3 is 0 Å². The lowest BCUT2D eigenvalue weighted by molar-refractivity contribution is 0.230. The number of fused-ring (bicyclic) bond motifs is 1. The van der Waals surface area contributed by atoms with Gasteiger partial charge in [-0.1, -0.05) is 41.9 Å². The van der Waals surface area contributed by atoms with Gasteiger partial charge in [-0.25, -0.2) is 4.68 Å². The van der Waals surface area contributed by atoms with E-state index in [9.17, 15) is 4.79 Å². The summed E-state index contributed by atoms with van der Waals surface area (Å²) < 4.78 is 1.66. The molecule has 1 aliphatic heterocycles. The lowest BCUT2D eigenvalue weighted by atomic mass is 10.0. The number of benzene rings is 2. The maximum absolute atomic E-state index is 13.1. The number of nitrogens with zero attached hydrogens (tertiary/aromatic N) is 3. The summed E-state index contributed by atoms with van der Waals surface area (Å²) in [6, 6.07) is 15.9. The van der Waals surface area contributed by atoms with E-state index in [2.05, 4.69) is 4.90 Å². The lowest BCUT2D eigenvalue weighted by Crippen LogP contribution is -2.39. The maximum Gasteiger partial charge on any atom is 0.274 e. The van der Waals surface area contributed by atoms with Crippen molar-refractivity contribution in [3.8, 4) is 0 Å². The maximum atomic E-state index is 13.1. The van der Waals surface area contributed by atoms with E-state index in [0.717, 1.165) is 48.0 Å². The van der Waals surface area contributed by atoms with E-state index < -0.39 is 0 Å². The second kappa shape index (κ2) is 8.43. The highest BCUT2D eigenvalue weighted by molar-refractivity contribution is 6.30. The summed E-state index contributed by atoms with van der Waals surface area (Å²) in [5.41, 5.74) is 7.78. The van der Waals surface area contributed by atoms with Crippen LogP contribution in [0.2, 0.25) is 5.02 Å². The van der Waals surface area contributed by atoms with Crippen molar-refractivity contribution in [3.63, 3.8) is 0 Å². The number of rotatable bonds is 6. The summed E-state index contributed by atoms with van der Waals surface area (Å²) in [5, 5.41) is 7.15. The second-order valence-corrected chi connectivity index (χ2v) is 7.84. The Morgan fingerprint density at radius 2 is 1.86 bits per heavy atom. The second-order valence-electron chi connectivity index (χ2n) is 7.40. The number of likely N-dealkylation sites (tertiary alicyclic amines) is 1. The van der Waals surface area contributed by atoms with Crippen molar-refractivity contribution in [2.24, 2.45) is 5.73 Å². The Bertz CT molecular complexity index is 1020. The van der Waals surface area contributed by atoms with Crippen molar-refractivity contribution < 1.29 is 0 Å². The topological polar surface area (TPSA) is 64.2 Å². The van der Waals surface area contributed by atoms with Gasteiger partial charge in [0.2, 0.25) is 0 Å². The Morgan fingerprint density at radius 1 is 1.11 bits per heavy atom. The normalized spacial score (nSPS) is 17.4. The first-order chi connectivity index (χ1) is 13.7. The highest BCUT2D eigenvalue weighted by Crippen LogP contribution is 2.21. The predicted molar refractivity (Wildman–Crippen MR) is 114 cm³/mol. The Kier molecular flexibility index (Phi) is 5.76. The Balaban J connectivity index is 1.71. The fraction of sp³-hybridized carbons (Fsp3) is 0.364. The van der Waals surface area contributed by atoms with Crippen LogP contribution < -0.4 is 11.3 Å². The van der Waals surface area contributed by atoms with Crippen molar-refractivity contribution in [1.29, 1.82) is 0 Å². The summed E-state index contributed by atoms with van der Waals surface area (Å²) in [6.07, 6.45) is 2.88. The molecule has 1 aromatic heterocycles. The molecule has 5 nitrogen and oxygen atoms in total. The number of nitrogens with two attached hydrogens (primary N) is 1. The first-order valence-electron chi connectivity index (χ1n) is 9.83. The van der Waals surface area contributed by atoms with Gasteiger partial charge in [-0.15, -0.1) is 0 Å². The number of hydrogen-bond donors (Lipinski definition) is 1. The van der Waals surface area contributed by atoms with Gasteiger partial charge < -0.3 is 5.73 Å². The molecule has 0 amide bonds. The molecule has 1 saturated heterocycles. The van der Waals surface area contributed by atoms with E-state index in [-0.39, 0.29) is 5.56 Å². The van der Waals surface area contributed by atoms with E-state index in [1.165, 1.54) is 0 Å². The average Bonchev–Trinajstić information content (AvgIpc) is 3.14. The predicted octanol–water partition coefficient (Wildman–Crippen LogP) is 3.06. The number of hydrogen-bond acceptors (Lipinski definition) is 4. The lowest BCUT2D eigenvalue weighted by Gasteiger charge is -2.24. The van der Waals surface area contributed by atoms with Crippen LogP contribution in [0.1, 0.15) is 24.1 Å². The molecule has 1 aliphatic rings. The molecule has 6 heteroatoms. The molecule has 146 valence electrons. The third kappa shape index (κ3) is 3.97. The van der Waals surface area contributed by atoms with Crippen molar-refractivity contribution in [1.82, 2.24) is 14.7 Å². The van der Waals surface area contributed by atoms with Gasteiger partial charge in [0.1, 0.15) is 0 Å². The molecule has 28 heavy (non-hydrogen) atoms. The van der Waals surface area contributed by atoms with Crippen LogP contribution in [0.15, 0.2) is 53.3 Å². The van der Waals surface area contributed by atoms with E-state index in [4.69, 9.17) is 22.4 Å². The minimum Gasteiger partial charge on any atom is -0.329 e. The first-order valence-corrected chi connectivity index (χ1v) is 10.2. The van der Waals surface area contributed by atoms with Crippen LogP contribution in [-0.4, -0.2) is 40.4 Å². The van der Waals surface area contributed by atoms with Gasteiger partial charge in [-0.3, -0.25) is 9.69 Å². The minimum absolute atomic E-state index is 0.0185. The average molecular weight is 397 g/mol. The highest BCUT2D eigenvalue weighted by atomic mass is 35.5. The molecule has 3 aromatic rings. The molecular weight excluding hydrogens is 372 g/mol. The van der Waals surface area contributed by atoms with Crippen LogP contribution in [0, 0.1) is 0 Å². The van der Waals surface area contributed by atoms with Gasteiger partial charge in [-0.2, -0.15) is 5.10 Å². The molecule has 0 bridgehead atoms. The van der Waals surface area contributed by atoms with Gasteiger partial charge in [0.05, 0.1) is 17.6 Å². The largest absolute Gasteiger partial charge is 0.329 e. The van der Waals surface area contributed by atoms with E-state index >= 15 is 0 Å². The summed E-state index contributed by atoms with van der Waals surface area (Å²) in [6.45, 7) is 3.15. The molecule has 0 unspecified atom stereocenters. The smallest absolute Gasteiger partial charge is 0.274 e. The zero-order chi connectivity index (χ0) is 19.5. The monoisotopic (exact) mass is 396 g/mol. The fourth-order valence-corrected chi connectivity index (χ4v) is 4.24. The molecule has 2 heterocycles. The zero-order valence-electron chi connectivity index (χ0n) is 15.9. The van der Waals surface area contributed by atoms with Gasteiger partial charge in [-0.05, 0) is 43.1 Å². The molecule has 1 fully saturated rings. The van der Waals surface area contributed by atoms with Crippen molar-refractivity contribution in [2.75, 3.05) is 19.6 Å². The molecule has 1 atom stereocenters. The van der Waals surface area contributed by atoms with Crippen LogP contribution in [0.3, 0.4) is 0 Å². The summed E-state index contributed by atoms with van der Waals surface area (Å²) >= 11 is 6.02. The number of aromatic nitrogens is 2. The zero-order valence-corrected chi connectivity index (χ0v) is 16.6. The standard InChI is InChI=1S/C22H25ClN4O/c23-17-9-7-16(8-10-17)14-21-19-5-1-2-6-20(19)22(28)27(25-21)15-18-4-3-12-26(18)13-11-24/h1-2,5-10,18H,3-4,11-15,24H2/t18-/m1/s1. The van der Waals surface area contributed by atoms with Crippen LogP contribution >= 0.6 is 11.6 Å². The minimum atomic E-state index is -0.0185. The summed E-state index contributed by atoms with van der Waals surface area (Å²) in [7, 11) is 0. The van der Waals surface area contributed by atoms with Gasteiger partial charge in [0.25, 0.3) is 5.56 Å². The van der Waals surface area contributed by atoms with Crippen LogP contribution in [-0.2, 0) is 13.0 Å². The van der Waals surface area contributed by atoms with Gasteiger partial charge in [0.15, 0.2) is 0 Å². The molecule has 2 aromatic carbocycles. The SMILES string of the molecule is NCCN1CCC[C@@H]1Cn1nc(Cc2ccc(Cl)cc2)c2ccccc2c1=O. The van der Waals surface area contributed by atoms with Gasteiger partial charge in [0, 0.05) is 36.0 Å². The molecule has 0 spiro atoms. The molecule has 4 rings (SSSR count). The first kappa shape index (κ1) is 19.1. The van der Waals surface area contributed by atoms with Crippen LogP contribution in [0.5, 0.6) is 0 Å². The molecule has 0 radical (unpaired) electrons. The Hall–Kier alpha value is -2.21. The molecule has 0 saturated carbocycles. The summed E-state index contributed by atoms with van der Waals surface area (Å²) in [5.74, 6) is 0. The fourth-order valence-electron chi connectivity index (χ4n) is 4.12. The molecule has 0 aliphatic carbocycles. The van der Waals surface area contributed by atoms with E-state index in [1.54, 1.807) is 4.68 Å². The van der Waals surface area contributed by atoms with Crippen molar-refractivity contribution in [2.45, 2.75) is 31.8 Å². The van der Waals surface area contributed by atoms with Crippen molar-refractivity contribution in [3.05, 3.63) is 75.2 Å². The van der Waals surface area contributed by atoms with Crippen LogP contribution in [0.25, 0.3) is 10.8 Å². The Labute approximate surface area is 169 Å². The quantitative estimate of drug-likeness (QED) is 0.695. The third-order valence-corrected chi connectivity index (χ3v) is 5.78. The van der Waals surface area contributed by atoms with E-state index in [0.29, 0.717) is 30.6 Å². The molecular formula is C22H25ClN4O. The molecule has 2 N–H and O–H groups in total. The Morgan fingerprint density at radius 3 is 2.61 bits per heavy atom. The van der Waals surface area contributed by atoms with E-state index in [1.807, 2.05) is 48.5 Å². The third-order valence-electron chi connectivity index (χ3n) is 5.53. The summed E-state index contributed by atoms with van der Waals surface area (Å²) in [4.78, 5) is 15.4. The van der Waals surface area contributed by atoms with Crippen LogP contribution in [0.4, 0.5) is 0 Å².